The molecular formula is C11H9ClFN. The van der Waals surface area contributed by atoms with Crippen molar-refractivity contribution < 1.29 is 4.39 Å². The molecule has 0 aliphatic heterocycles. The third-order valence-electron chi connectivity index (χ3n) is 2.26. The minimum Gasteiger partial charge on any atom is -0.244 e. The molecule has 0 bridgehead atoms. The Kier molecular flexibility index (Phi) is 2.38. The molecule has 0 atom stereocenters. The molecule has 1 aromatic carbocycles. The first-order valence-corrected chi connectivity index (χ1v) is 4.83. The van der Waals surface area contributed by atoms with Crippen LogP contribution in [0.15, 0.2) is 24.4 Å². The maximum atomic E-state index is 13.0. The van der Waals surface area contributed by atoms with Gasteiger partial charge in [-0.1, -0.05) is 24.6 Å². The van der Waals surface area contributed by atoms with Crippen LogP contribution in [0.4, 0.5) is 4.39 Å². The average Bonchev–Trinajstić information content (AvgIpc) is 2.19. The number of hydrogen-bond acceptors (Lipinski definition) is 1. The van der Waals surface area contributed by atoms with Crippen molar-refractivity contribution in [2.24, 2.45) is 0 Å². The Balaban J connectivity index is 2.84. The average molecular weight is 210 g/mol. The maximum absolute atomic E-state index is 13.0. The smallest absolute Gasteiger partial charge is 0.136 e. The lowest BCUT2D eigenvalue weighted by Crippen LogP contribution is -1.88. The number of pyridine rings is 1. The normalized spacial score (nSPS) is 10.8. The van der Waals surface area contributed by atoms with E-state index in [0.29, 0.717) is 10.5 Å². The maximum Gasteiger partial charge on any atom is 0.136 e. The number of hydrogen-bond donors (Lipinski definition) is 0. The fourth-order valence-corrected chi connectivity index (χ4v) is 1.73. The van der Waals surface area contributed by atoms with E-state index in [1.807, 2.05) is 6.92 Å². The minimum absolute atomic E-state index is 0.283. The second-order valence-corrected chi connectivity index (χ2v) is 3.48. The quantitative estimate of drug-likeness (QED) is 0.654. The van der Waals surface area contributed by atoms with E-state index in [0.717, 1.165) is 17.4 Å². The van der Waals surface area contributed by atoms with Gasteiger partial charge in [-0.05, 0) is 29.5 Å². The molecule has 2 rings (SSSR count). The molecule has 1 aromatic heterocycles. The minimum atomic E-state index is -0.283. The number of benzene rings is 1. The van der Waals surface area contributed by atoms with Crippen molar-refractivity contribution >= 4 is 22.4 Å². The second-order valence-electron chi connectivity index (χ2n) is 3.12. The van der Waals surface area contributed by atoms with E-state index in [1.165, 1.54) is 12.1 Å². The van der Waals surface area contributed by atoms with Crippen LogP contribution in [0.3, 0.4) is 0 Å². The summed E-state index contributed by atoms with van der Waals surface area (Å²) in [6, 6.07) is 4.61. The predicted molar refractivity (Wildman–Crippen MR) is 56.1 cm³/mol. The van der Waals surface area contributed by atoms with Crippen molar-refractivity contribution in [1.82, 2.24) is 4.98 Å². The summed E-state index contributed by atoms with van der Waals surface area (Å²) in [7, 11) is 0. The van der Waals surface area contributed by atoms with Crippen molar-refractivity contribution in [3.63, 3.8) is 0 Å². The van der Waals surface area contributed by atoms with Crippen LogP contribution in [0, 0.1) is 5.82 Å². The molecule has 72 valence electrons. The molecule has 0 saturated heterocycles. The monoisotopic (exact) mass is 209 g/mol. The van der Waals surface area contributed by atoms with Gasteiger partial charge in [0.1, 0.15) is 11.0 Å². The van der Waals surface area contributed by atoms with Crippen molar-refractivity contribution in [2.75, 3.05) is 0 Å². The molecule has 3 heteroatoms. The SMILES string of the molecule is CCc1cnc(Cl)c2cc(F)ccc12. The third-order valence-corrected chi connectivity index (χ3v) is 2.57. The van der Waals surface area contributed by atoms with Gasteiger partial charge < -0.3 is 0 Å². The largest absolute Gasteiger partial charge is 0.244 e. The van der Waals surface area contributed by atoms with Gasteiger partial charge in [0, 0.05) is 11.6 Å². The standard InChI is InChI=1S/C11H9ClFN/c1-2-7-6-14-11(12)10-5-8(13)3-4-9(7)10/h3-6H,2H2,1H3. The first kappa shape index (κ1) is 9.41. The van der Waals surface area contributed by atoms with Crippen molar-refractivity contribution in [3.05, 3.63) is 40.9 Å². The van der Waals surface area contributed by atoms with E-state index in [2.05, 4.69) is 4.98 Å². The van der Waals surface area contributed by atoms with Crippen LogP contribution >= 0.6 is 11.6 Å². The Morgan fingerprint density at radius 1 is 1.36 bits per heavy atom. The van der Waals surface area contributed by atoms with Crippen LogP contribution in [0.5, 0.6) is 0 Å². The van der Waals surface area contributed by atoms with E-state index >= 15 is 0 Å². The molecule has 2 aromatic rings. The van der Waals surface area contributed by atoms with Gasteiger partial charge in [0.25, 0.3) is 0 Å². The van der Waals surface area contributed by atoms with E-state index < -0.39 is 0 Å². The Bertz CT molecular complexity index is 482. The highest BCUT2D eigenvalue weighted by Gasteiger charge is 2.05. The van der Waals surface area contributed by atoms with Gasteiger partial charge in [-0.3, -0.25) is 0 Å². The zero-order chi connectivity index (χ0) is 10.1. The molecule has 0 N–H and O–H groups in total. The Hall–Kier alpha value is -1.15. The predicted octanol–water partition coefficient (Wildman–Crippen LogP) is 3.59. The summed E-state index contributed by atoms with van der Waals surface area (Å²) in [5.74, 6) is -0.283. The molecule has 1 heterocycles. The van der Waals surface area contributed by atoms with E-state index in [1.54, 1.807) is 12.3 Å². The number of nitrogens with zero attached hydrogens (tertiary/aromatic N) is 1. The summed E-state index contributed by atoms with van der Waals surface area (Å²) in [6.45, 7) is 2.04. The molecule has 0 spiro atoms. The Labute approximate surface area is 86.5 Å². The zero-order valence-corrected chi connectivity index (χ0v) is 8.48. The van der Waals surface area contributed by atoms with Crippen LogP contribution in [-0.4, -0.2) is 4.98 Å². The first-order chi connectivity index (χ1) is 6.72. The molecule has 14 heavy (non-hydrogen) atoms. The fraction of sp³-hybridized carbons (Fsp3) is 0.182. The summed E-state index contributed by atoms with van der Waals surface area (Å²) < 4.78 is 13.0. The number of fused-ring (bicyclic) bond motifs is 1. The van der Waals surface area contributed by atoms with Gasteiger partial charge in [-0.25, -0.2) is 9.37 Å². The Morgan fingerprint density at radius 3 is 2.86 bits per heavy atom. The lowest BCUT2D eigenvalue weighted by molar-refractivity contribution is 0.629. The number of aromatic nitrogens is 1. The van der Waals surface area contributed by atoms with Crippen LogP contribution in [0.2, 0.25) is 5.15 Å². The van der Waals surface area contributed by atoms with Crippen molar-refractivity contribution in [1.29, 1.82) is 0 Å². The molecule has 0 aliphatic rings. The second kappa shape index (κ2) is 3.54. The molecule has 0 radical (unpaired) electrons. The lowest BCUT2D eigenvalue weighted by Gasteiger charge is -2.04. The Morgan fingerprint density at radius 2 is 2.14 bits per heavy atom. The van der Waals surface area contributed by atoms with Crippen LogP contribution < -0.4 is 0 Å². The zero-order valence-electron chi connectivity index (χ0n) is 7.72. The van der Waals surface area contributed by atoms with E-state index in [9.17, 15) is 4.39 Å². The van der Waals surface area contributed by atoms with Gasteiger partial charge in [0.15, 0.2) is 0 Å². The summed E-state index contributed by atoms with van der Waals surface area (Å²) in [5, 5.41) is 2.02. The highest BCUT2D eigenvalue weighted by Crippen LogP contribution is 2.25. The molecule has 0 fully saturated rings. The summed E-state index contributed by atoms with van der Waals surface area (Å²) in [4.78, 5) is 4.02. The van der Waals surface area contributed by atoms with E-state index in [-0.39, 0.29) is 5.82 Å². The van der Waals surface area contributed by atoms with Crippen LogP contribution in [0.1, 0.15) is 12.5 Å². The lowest BCUT2D eigenvalue weighted by atomic mass is 10.1. The topological polar surface area (TPSA) is 12.9 Å². The molecule has 0 aliphatic carbocycles. The summed E-state index contributed by atoms with van der Waals surface area (Å²) in [5.41, 5.74) is 1.09. The number of halogens is 2. The van der Waals surface area contributed by atoms with Crippen LogP contribution in [0.25, 0.3) is 10.8 Å². The van der Waals surface area contributed by atoms with Crippen molar-refractivity contribution in [3.8, 4) is 0 Å². The van der Waals surface area contributed by atoms with Gasteiger partial charge in [-0.15, -0.1) is 0 Å². The van der Waals surface area contributed by atoms with Gasteiger partial charge in [0.2, 0.25) is 0 Å². The molecule has 0 unspecified atom stereocenters. The fourth-order valence-electron chi connectivity index (χ4n) is 1.52. The molecule has 0 amide bonds. The summed E-state index contributed by atoms with van der Waals surface area (Å²) in [6.07, 6.45) is 2.61. The number of aryl methyl sites for hydroxylation is 1. The number of rotatable bonds is 1. The molecule has 0 saturated carbocycles. The summed E-state index contributed by atoms with van der Waals surface area (Å²) >= 11 is 5.88. The molecular weight excluding hydrogens is 201 g/mol. The van der Waals surface area contributed by atoms with Gasteiger partial charge in [-0.2, -0.15) is 0 Å². The third kappa shape index (κ3) is 1.46. The van der Waals surface area contributed by atoms with E-state index in [4.69, 9.17) is 11.6 Å². The first-order valence-electron chi connectivity index (χ1n) is 4.45. The highest BCUT2D eigenvalue weighted by atomic mass is 35.5. The molecule has 1 nitrogen and oxygen atoms in total. The van der Waals surface area contributed by atoms with Crippen molar-refractivity contribution in [2.45, 2.75) is 13.3 Å². The highest BCUT2D eigenvalue weighted by molar-refractivity contribution is 6.34. The van der Waals surface area contributed by atoms with Gasteiger partial charge >= 0.3 is 0 Å². The van der Waals surface area contributed by atoms with Gasteiger partial charge in [0.05, 0.1) is 0 Å². The van der Waals surface area contributed by atoms with Crippen LogP contribution in [-0.2, 0) is 6.42 Å².